The monoisotopic (exact) mass is 265 g/mol. The van der Waals surface area contributed by atoms with Gasteiger partial charge in [-0.15, -0.1) is 0 Å². The molecule has 0 fully saturated rings. The number of aromatic amines is 1. The maximum absolute atomic E-state index is 5.35. The van der Waals surface area contributed by atoms with Gasteiger partial charge in [0, 0.05) is 10.9 Å². The number of benzene rings is 2. The van der Waals surface area contributed by atoms with Gasteiger partial charge in [0.25, 0.3) is 0 Å². The molecule has 0 atom stereocenters. The van der Waals surface area contributed by atoms with E-state index in [1.807, 2.05) is 6.07 Å². The first-order valence-corrected chi connectivity index (χ1v) is 6.76. The molecule has 0 bridgehead atoms. The lowest BCUT2D eigenvalue weighted by Gasteiger charge is -2.11. The molecular weight excluding hydrogens is 250 g/mol. The lowest BCUT2D eigenvalue weighted by molar-refractivity contribution is 1.36. The van der Waals surface area contributed by atoms with Crippen molar-refractivity contribution in [2.24, 2.45) is 0 Å². The van der Waals surface area contributed by atoms with E-state index in [0.717, 1.165) is 10.2 Å². The Morgan fingerprint density at radius 1 is 0.895 bits per heavy atom. The van der Waals surface area contributed by atoms with Crippen molar-refractivity contribution >= 4 is 23.1 Å². The molecule has 0 spiro atoms. The SMILES string of the molecule is Cc1ccc(C)c(-c2cc(=S)[nH]c3ccccc23)c1. The number of hydrogen-bond acceptors (Lipinski definition) is 1. The van der Waals surface area contributed by atoms with Crippen LogP contribution in [0.5, 0.6) is 0 Å². The molecule has 0 unspecified atom stereocenters. The largest absolute Gasteiger partial charge is 0.346 e. The summed E-state index contributed by atoms with van der Waals surface area (Å²) in [7, 11) is 0. The Morgan fingerprint density at radius 2 is 1.68 bits per heavy atom. The van der Waals surface area contributed by atoms with Crippen LogP contribution in [-0.4, -0.2) is 4.98 Å². The molecule has 3 aromatic rings. The third kappa shape index (κ3) is 2.20. The van der Waals surface area contributed by atoms with Crippen molar-refractivity contribution in [2.75, 3.05) is 0 Å². The van der Waals surface area contributed by atoms with Gasteiger partial charge in [-0.2, -0.15) is 0 Å². The number of fused-ring (bicyclic) bond motifs is 1. The van der Waals surface area contributed by atoms with Crippen LogP contribution in [0.25, 0.3) is 22.0 Å². The van der Waals surface area contributed by atoms with Crippen LogP contribution in [0.2, 0.25) is 0 Å². The normalized spacial score (nSPS) is 10.8. The number of aryl methyl sites for hydroxylation is 2. The molecule has 2 heteroatoms. The zero-order chi connectivity index (χ0) is 13.4. The lowest BCUT2D eigenvalue weighted by Crippen LogP contribution is -1.89. The molecule has 0 aliphatic carbocycles. The van der Waals surface area contributed by atoms with Gasteiger partial charge < -0.3 is 4.98 Å². The van der Waals surface area contributed by atoms with E-state index in [9.17, 15) is 0 Å². The van der Waals surface area contributed by atoms with Gasteiger partial charge in [-0.3, -0.25) is 0 Å². The van der Waals surface area contributed by atoms with Crippen LogP contribution in [0.3, 0.4) is 0 Å². The lowest BCUT2D eigenvalue weighted by atomic mass is 9.96. The van der Waals surface area contributed by atoms with Crippen LogP contribution in [-0.2, 0) is 0 Å². The molecule has 3 rings (SSSR count). The van der Waals surface area contributed by atoms with Gasteiger partial charge in [0.15, 0.2) is 0 Å². The molecule has 94 valence electrons. The Hall–Kier alpha value is -1.93. The van der Waals surface area contributed by atoms with E-state index in [-0.39, 0.29) is 0 Å². The molecule has 1 N–H and O–H groups in total. The zero-order valence-electron chi connectivity index (χ0n) is 11.0. The number of para-hydroxylation sites is 1. The predicted octanol–water partition coefficient (Wildman–Crippen LogP) is 5.18. The zero-order valence-corrected chi connectivity index (χ0v) is 11.8. The van der Waals surface area contributed by atoms with Crippen LogP contribution < -0.4 is 0 Å². The standard InChI is InChI=1S/C17H15NS/c1-11-7-8-12(2)14(9-11)15-10-17(19)18-16-6-4-3-5-13(15)16/h3-10H,1-2H3,(H,18,19). The fourth-order valence-electron chi connectivity index (χ4n) is 2.45. The fraction of sp³-hybridized carbons (Fsp3) is 0.118. The summed E-state index contributed by atoms with van der Waals surface area (Å²) >= 11 is 5.35. The number of nitrogens with one attached hydrogen (secondary N) is 1. The van der Waals surface area contributed by atoms with Crippen LogP contribution in [0.15, 0.2) is 48.5 Å². The summed E-state index contributed by atoms with van der Waals surface area (Å²) in [5.41, 5.74) is 6.10. The average Bonchev–Trinajstić information content (AvgIpc) is 2.40. The molecule has 1 nitrogen and oxygen atoms in total. The van der Waals surface area contributed by atoms with E-state index in [1.165, 1.54) is 27.6 Å². The van der Waals surface area contributed by atoms with E-state index >= 15 is 0 Å². The fourth-order valence-corrected chi connectivity index (χ4v) is 2.68. The summed E-state index contributed by atoms with van der Waals surface area (Å²) in [5.74, 6) is 0. The Balaban J connectivity index is 2.42. The van der Waals surface area contributed by atoms with E-state index < -0.39 is 0 Å². The van der Waals surface area contributed by atoms with Gasteiger partial charge in [0.2, 0.25) is 0 Å². The van der Waals surface area contributed by atoms with Gasteiger partial charge in [0.05, 0.1) is 0 Å². The van der Waals surface area contributed by atoms with Gasteiger partial charge in [-0.05, 0) is 42.7 Å². The molecular formula is C17H15NS. The molecule has 0 radical (unpaired) electrons. The van der Waals surface area contributed by atoms with Crippen molar-refractivity contribution in [3.8, 4) is 11.1 Å². The van der Waals surface area contributed by atoms with Crippen LogP contribution in [0.1, 0.15) is 11.1 Å². The van der Waals surface area contributed by atoms with Crippen LogP contribution >= 0.6 is 12.2 Å². The number of pyridine rings is 1. The summed E-state index contributed by atoms with van der Waals surface area (Å²) in [5, 5.41) is 1.21. The Morgan fingerprint density at radius 3 is 2.53 bits per heavy atom. The van der Waals surface area contributed by atoms with Crippen molar-refractivity contribution in [3.63, 3.8) is 0 Å². The summed E-state index contributed by atoms with van der Waals surface area (Å²) in [6.45, 7) is 4.26. The Bertz CT molecular complexity index is 815. The minimum Gasteiger partial charge on any atom is -0.346 e. The van der Waals surface area contributed by atoms with Crippen molar-refractivity contribution in [2.45, 2.75) is 13.8 Å². The maximum Gasteiger partial charge on any atom is 0.104 e. The Kier molecular flexibility index (Phi) is 2.96. The predicted molar refractivity (Wildman–Crippen MR) is 84.0 cm³/mol. The molecule has 2 aromatic carbocycles. The maximum atomic E-state index is 5.35. The summed E-state index contributed by atoms with van der Waals surface area (Å²) < 4.78 is 0.773. The molecule has 0 aliphatic rings. The molecule has 0 saturated carbocycles. The first-order valence-electron chi connectivity index (χ1n) is 6.35. The van der Waals surface area contributed by atoms with Gasteiger partial charge in [-0.25, -0.2) is 0 Å². The van der Waals surface area contributed by atoms with Gasteiger partial charge in [0.1, 0.15) is 4.64 Å². The number of hydrogen-bond donors (Lipinski definition) is 1. The quantitative estimate of drug-likeness (QED) is 0.599. The number of H-pyrrole nitrogens is 1. The molecule has 0 amide bonds. The van der Waals surface area contributed by atoms with E-state index in [4.69, 9.17) is 12.2 Å². The highest BCUT2D eigenvalue weighted by Crippen LogP contribution is 2.30. The van der Waals surface area contributed by atoms with Gasteiger partial charge in [-0.1, -0.05) is 54.2 Å². The third-order valence-corrected chi connectivity index (χ3v) is 3.65. The molecule has 0 saturated heterocycles. The average molecular weight is 265 g/mol. The molecule has 0 aliphatic heterocycles. The molecule has 1 aromatic heterocycles. The van der Waals surface area contributed by atoms with Crippen LogP contribution in [0.4, 0.5) is 0 Å². The summed E-state index contributed by atoms with van der Waals surface area (Å²) in [6, 6.07) is 16.9. The molecule has 1 heterocycles. The highest BCUT2D eigenvalue weighted by molar-refractivity contribution is 7.71. The Labute approximate surface area is 117 Å². The highest BCUT2D eigenvalue weighted by Gasteiger charge is 2.07. The third-order valence-electron chi connectivity index (χ3n) is 3.43. The van der Waals surface area contributed by atoms with Crippen molar-refractivity contribution in [1.82, 2.24) is 4.98 Å². The topological polar surface area (TPSA) is 15.8 Å². The number of aromatic nitrogens is 1. The van der Waals surface area contributed by atoms with Crippen molar-refractivity contribution < 1.29 is 0 Å². The van der Waals surface area contributed by atoms with E-state index in [2.05, 4.69) is 61.3 Å². The second-order valence-electron chi connectivity index (χ2n) is 4.91. The van der Waals surface area contributed by atoms with Gasteiger partial charge >= 0.3 is 0 Å². The summed E-state index contributed by atoms with van der Waals surface area (Å²) in [6.07, 6.45) is 0. The van der Waals surface area contributed by atoms with Crippen LogP contribution in [0, 0.1) is 18.5 Å². The minimum atomic E-state index is 0.773. The van der Waals surface area contributed by atoms with Crippen molar-refractivity contribution in [1.29, 1.82) is 0 Å². The second kappa shape index (κ2) is 4.63. The molecule has 19 heavy (non-hydrogen) atoms. The number of rotatable bonds is 1. The second-order valence-corrected chi connectivity index (χ2v) is 5.35. The van der Waals surface area contributed by atoms with E-state index in [1.54, 1.807) is 0 Å². The first-order chi connectivity index (χ1) is 9.15. The minimum absolute atomic E-state index is 0.773. The smallest absolute Gasteiger partial charge is 0.104 e. The first kappa shape index (κ1) is 12.1. The highest BCUT2D eigenvalue weighted by atomic mass is 32.1. The summed E-state index contributed by atoms with van der Waals surface area (Å²) in [4.78, 5) is 3.25. The van der Waals surface area contributed by atoms with Crippen molar-refractivity contribution in [3.05, 3.63) is 64.3 Å². The van der Waals surface area contributed by atoms with E-state index in [0.29, 0.717) is 0 Å².